The van der Waals surface area contributed by atoms with Gasteiger partial charge in [0.15, 0.2) is 4.34 Å². The summed E-state index contributed by atoms with van der Waals surface area (Å²) in [7, 11) is -1.000. The molecule has 124 valence electrons. The second-order valence-electron chi connectivity index (χ2n) is 4.72. The van der Waals surface area contributed by atoms with Crippen molar-refractivity contribution >= 4 is 44.7 Å². The van der Waals surface area contributed by atoms with Gasteiger partial charge in [-0.25, -0.2) is 4.39 Å². The van der Waals surface area contributed by atoms with Gasteiger partial charge in [0.25, 0.3) is 0 Å². The van der Waals surface area contributed by atoms with Crippen LogP contribution in [0.5, 0.6) is 0 Å². The minimum atomic E-state index is -1.000. The summed E-state index contributed by atoms with van der Waals surface area (Å²) in [6.45, 7) is 0. The summed E-state index contributed by atoms with van der Waals surface area (Å²) < 4.78 is 25.8. The maximum atomic E-state index is 12.9. The average molecular weight is 380 g/mol. The van der Waals surface area contributed by atoms with E-state index in [9.17, 15) is 8.60 Å². The highest BCUT2D eigenvalue weighted by atomic mass is 32.2. The molecule has 3 rings (SSSR count). The van der Waals surface area contributed by atoms with E-state index in [0.29, 0.717) is 16.6 Å². The van der Waals surface area contributed by atoms with Crippen molar-refractivity contribution in [1.29, 1.82) is 0 Å². The lowest BCUT2D eigenvalue weighted by atomic mass is 10.3. The number of anilines is 2. The molecule has 0 aliphatic carbocycles. The Kier molecular flexibility index (Phi) is 5.95. The number of thioether (sulfide) groups is 1. The monoisotopic (exact) mass is 379 g/mol. The Morgan fingerprint density at radius 2 is 1.83 bits per heavy atom. The summed E-state index contributed by atoms with van der Waals surface area (Å²) in [5.74, 6) is 0.988. The van der Waals surface area contributed by atoms with Crippen LogP contribution in [-0.2, 0) is 10.8 Å². The second kappa shape index (κ2) is 8.36. The minimum Gasteiger partial charge on any atom is -0.330 e. The summed E-state index contributed by atoms with van der Waals surface area (Å²) in [6, 6.07) is 15.5. The topological polar surface area (TPSA) is 54.9 Å². The fourth-order valence-corrected chi connectivity index (χ4v) is 5.00. The van der Waals surface area contributed by atoms with Gasteiger partial charge in [-0.15, -0.1) is 10.2 Å². The summed E-state index contributed by atoms with van der Waals surface area (Å²) in [4.78, 5) is 0.842. The molecule has 1 atom stereocenters. The number of aromatic nitrogens is 2. The Balaban J connectivity index is 1.49. The lowest BCUT2D eigenvalue weighted by Gasteiger charge is -2.01. The van der Waals surface area contributed by atoms with Crippen molar-refractivity contribution < 1.29 is 8.60 Å². The molecule has 3 aromatic rings. The second-order valence-corrected chi connectivity index (χ2v) is 8.61. The fraction of sp³-hybridized carbons (Fsp3) is 0.125. The van der Waals surface area contributed by atoms with Crippen molar-refractivity contribution in [2.75, 3.05) is 16.8 Å². The maximum absolute atomic E-state index is 12.9. The number of hydrogen-bond donors (Lipinski definition) is 1. The van der Waals surface area contributed by atoms with E-state index >= 15 is 0 Å². The molecule has 1 heterocycles. The van der Waals surface area contributed by atoms with Gasteiger partial charge in [-0.1, -0.05) is 41.3 Å². The third-order valence-corrected chi connectivity index (χ3v) is 6.61. The highest BCUT2D eigenvalue weighted by Gasteiger charge is 2.08. The van der Waals surface area contributed by atoms with Crippen LogP contribution < -0.4 is 5.32 Å². The summed E-state index contributed by atoms with van der Waals surface area (Å²) in [6.07, 6.45) is 0. The van der Waals surface area contributed by atoms with Gasteiger partial charge in [-0.3, -0.25) is 4.21 Å². The number of benzene rings is 2. The van der Waals surface area contributed by atoms with E-state index in [0.717, 1.165) is 14.9 Å². The molecule has 24 heavy (non-hydrogen) atoms. The summed E-state index contributed by atoms with van der Waals surface area (Å²) >= 11 is 2.95. The molecule has 0 spiro atoms. The molecule has 4 nitrogen and oxygen atoms in total. The first kappa shape index (κ1) is 17.1. The van der Waals surface area contributed by atoms with E-state index in [-0.39, 0.29) is 5.82 Å². The predicted octanol–water partition coefficient (Wildman–Crippen LogP) is 4.32. The van der Waals surface area contributed by atoms with E-state index in [4.69, 9.17) is 0 Å². The number of nitrogens with one attached hydrogen (secondary N) is 1. The Hall–Kier alpha value is -1.77. The molecule has 0 aliphatic rings. The lowest BCUT2D eigenvalue weighted by Crippen LogP contribution is -2.00. The molecule has 0 saturated carbocycles. The molecule has 0 fully saturated rings. The zero-order valence-corrected chi connectivity index (χ0v) is 15.0. The zero-order chi connectivity index (χ0) is 16.8. The molecule has 0 amide bonds. The zero-order valence-electron chi connectivity index (χ0n) is 12.5. The van der Waals surface area contributed by atoms with Gasteiger partial charge in [0.1, 0.15) is 5.82 Å². The van der Waals surface area contributed by atoms with Crippen LogP contribution in [0.15, 0.2) is 63.8 Å². The van der Waals surface area contributed by atoms with E-state index in [1.165, 1.54) is 35.2 Å². The van der Waals surface area contributed by atoms with Gasteiger partial charge in [-0.05, 0) is 36.4 Å². The molecular weight excluding hydrogens is 365 g/mol. The SMILES string of the molecule is O=[S@@](CCSc1nnc(Nc2ccc(F)cc2)s1)c1ccccc1. The van der Waals surface area contributed by atoms with Crippen LogP contribution in [0.3, 0.4) is 0 Å². The first-order valence-electron chi connectivity index (χ1n) is 7.13. The average Bonchev–Trinajstić information content (AvgIpc) is 3.05. The van der Waals surface area contributed by atoms with Crippen LogP contribution >= 0.6 is 23.1 Å². The molecule has 1 N–H and O–H groups in total. The standard InChI is InChI=1S/C16H14FN3OS3/c17-12-6-8-13(9-7-12)18-15-19-20-16(23-15)22-10-11-24(21)14-4-2-1-3-5-14/h1-9H,10-11H2,(H,18,19)/t24-/m0/s1. The molecule has 0 saturated heterocycles. The maximum Gasteiger partial charge on any atom is 0.210 e. The van der Waals surface area contributed by atoms with Gasteiger partial charge in [0.05, 0.1) is 10.8 Å². The Bertz CT molecular complexity index is 809. The van der Waals surface area contributed by atoms with Gasteiger partial charge in [0, 0.05) is 22.1 Å². The summed E-state index contributed by atoms with van der Waals surface area (Å²) in [5, 5.41) is 11.9. The highest BCUT2D eigenvalue weighted by Crippen LogP contribution is 2.27. The third kappa shape index (κ3) is 4.86. The third-order valence-electron chi connectivity index (χ3n) is 3.00. The number of nitrogens with zero attached hydrogens (tertiary/aromatic N) is 2. The van der Waals surface area contributed by atoms with Gasteiger partial charge in [-0.2, -0.15) is 0 Å². The number of rotatable bonds is 7. The van der Waals surface area contributed by atoms with Gasteiger partial charge < -0.3 is 5.32 Å². The first-order chi connectivity index (χ1) is 11.7. The predicted molar refractivity (Wildman–Crippen MR) is 98.0 cm³/mol. The van der Waals surface area contributed by atoms with E-state index in [1.807, 2.05) is 30.3 Å². The van der Waals surface area contributed by atoms with Crippen LogP contribution in [0.4, 0.5) is 15.2 Å². The van der Waals surface area contributed by atoms with Crippen molar-refractivity contribution in [2.24, 2.45) is 0 Å². The molecule has 0 radical (unpaired) electrons. The van der Waals surface area contributed by atoms with Crippen LogP contribution in [0.1, 0.15) is 0 Å². The normalized spacial score (nSPS) is 12.0. The lowest BCUT2D eigenvalue weighted by molar-refractivity contribution is 0.628. The molecule has 1 aromatic heterocycles. The molecule has 0 unspecified atom stereocenters. The van der Waals surface area contributed by atoms with Crippen molar-refractivity contribution in [3.05, 3.63) is 60.4 Å². The molecule has 0 bridgehead atoms. The molecule has 2 aromatic carbocycles. The fourth-order valence-electron chi connectivity index (χ4n) is 1.87. The Morgan fingerprint density at radius 1 is 1.08 bits per heavy atom. The number of halogens is 1. The van der Waals surface area contributed by atoms with Crippen LogP contribution in [0, 0.1) is 5.82 Å². The van der Waals surface area contributed by atoms with Crippen molar-refractivity contribution in [1.82, 2.24) is 10.2 Å². The first-order valence-corrected chi connectivity index (χ1v) is 10.2. The van der Waals surface area contributed by atoms with Crippen molar-refractivity contribution in [3.8, 4) is 0 Å². The summed E-state index contributed by atoms with van der Waals surface area (Å²) in [5.41, 5.74) is 0.759. The van der Waals surface area contributed by atoms with E-state index < -0.39 is 10.8 Å². The molecule has 0 aliphatic heterocycles. The largest absolute Gasteiger partial charge is 0.330 e. The van der Waals surface area contributed by atoms with Crippen LogP contribution in [0.2, 0.25) is 0 Å². The quantitative estimate of drug-likeness (QED) is 0.620. The smallest absolute Gasteiger partial charge is 0.210 e. The van der Waals surface area contributed by atoms with E-state index in [2.05, 4.69) is 15.5 Å². The highest BCUT2D eigenvalue weighted by molar-refractivity contribution is 8.01. The number of hydrogen-bond acceptors (Lipinski definition) is 6. The van der Waals surface area contributed by atoms with Gasteiger partial charge in [0.2, 0.25) is 5.13 Å². The Labute approximate surface area is 150 Å². The van der Waals surface area contributed by atoms with Crippen molar-refractivity contribution in [2.45, 2.75) is 9.24 Å². The Morgan fingerprint density at radius 3 is 2.58 bits per heavy atom. The van der Waals surface area contributed by atoms with Crippen molar-refractivity contribution in [3.63, 3.8) is 0 Å². The van der Waals surface area contributed by atoms with Gasteiger partial charge >= 0.3 is 0 Å². The van der Waals surface area contributed by atoms with Crippen LogP contribution in [-0.4, -0.2) is 25.9 Å². The minimum absolute atomic E-state index is 0.277. The molecule has 8 heteroatoms. The molecular formula is C16H14FN3OS3. The van der Waals surface area contributed by atoms with Crippen LogP contribution in [0.25, 0.3) is 0 Å². The van der Waals surface area contributed by atoms with E-state index in [1.54, 1.807) is 12.1 Å².